The summed E-state index contributed by atoms with van der Waals surface area (Å²) in [4.78, 5) is 16.9. The standard InChI is InChI=1S/C23H30N4O4/c1-29-19-15-21(30-2)20(22(16-19)31-3)17-24-25-23(28)9-10-26-11-13-27(14-12-26)18-7-5-4-6-8-18/h4-8,15-17H,9-14H2,1-3H3,(H,25,28)/b24-17+. The molecule has 1 saturated heterocycles. The predicted molar refractivity (Wildman–Crippen MR) is 122 cm³/mol. The van der Waals surface area contributed by atoms with Crippen LogP contribution in [0.25, 0.3) is 0 Å². The molecule has 0 atom stereocenters. The number of piperazine rings is 1. The molecule has 2 aromatic carbocycles. The average Bonchev–Trinajstić information content (AvgIpc) is 2.83. The number of hydrazone groups is 1. The first-order valence-electron chi connectivity index (χ1n) is 10.3. The zero-order valence-electron chi connectivity index (χ0n) is 18.3. The number of nitrogens with one attached hydrogen (secondary N) is 1. The number of benzene rings is 2. The molecule has 1 aliphatic heterocycles. The van der Waals surface area contributed by atoms with Gasteiger partial charge in [0.1, 0.15) is 17.2 Å². The van der Waals surface area contributed by atoms with Gasteiger partial charge in [0.05, 0.1) is 33.1 Å². The number of methoxy groups -OCH3 is 3. The fourth-order valence-electron chi connectivity index (χ4n) is 3.51. The molecular formula is C23H30N4O4. The first-order valence-corrected chi connectivity index (χ1v) is 10.3. The molecule has 8 heteroatoms. The Morgan fingerprint density at radius 3 is 2.23 bits per heavy atom. The van der Waals surface area contributed by atoms with Gasteiger partial charge in [0.25, 0.3) is 0 Å². The molecule has 1 fully saturated rings. The van der Waals surface area contributed by atoms with Crippen molar-refractivity contribution in [1.82, 2.24) is 10.3 Å². The lowest BCUT2D eigenvalue weighted by molar-refractivity contribution is -0.121. The minimum atomic E-state index is -0.131. The number of hydrogen-bond acceptors (Lipinski definition) is 7. The highest BCUT2D eigenvalue weighted by Crippen LogP contribution is 2.32. The monoisotopic (exact) mass is 426 g/mol. The van der Waals surface area contributed by atoms with Gasteiger partial charge in [-0.3, -0.25) is 9.69 Å². The van der Waals surface area contributed by atoms with Crippen LogP contribution in [-0.4, -0.2) is 71.1 Å². The summed E-state index contributed by atoms with van der Waals surface area (Å²) in [5.74, 6) is 1.58. The van der Waals surface area contributed by atoms with E-state index >= 15 is 0 Å². The predicted octanol–water partition coefficient (Wildman–Crippen LogP) is 2.37. The van der Waals surface area contributed by atoms with Crippen LogP contribution < -0.4 is 24.5 Å². The summed E-state index contributed by atoms with van der Waals surface area (Å²) in [6.07, 6.45) is 1.91. The first-order chi connectivity index (χ1) is 15.1. The lowest BCUT2D eigenvalue weighted by Crippen LogP contribution is -2.47. The maximum Gasteiger partial charge on any atom is 0.241 e. The van der Waals surface area contributed by atoms with E-state index in [0.29, 0.717) is 35.8 Å². The normalized spacial score (nSPS) is 14.5. The van der Waals surface area contributed by atoms with Crippen LogP contribution in [0.3, 0.4) is 0 Å². The van der Waals surface area contributed by atoms with Gasteiger partial charge in [0, 0.05) is 57.0 Å². The Hall–Kier alpha value is -3.26. The lowest BCUT2D eigenvalue weighted by Gasteiger charge is -2.36. The minimum absolute atomic E-state index is 0.131. The number of ether oxygens (including phenoxy) is 3. The van der Waals surface area contributed by atoms with E-state index in [4.69, 9.17) is 14.2 Å². The van der Waals surface area contributed by atoms with E-state index in [9.17, 15) is 4.79 Å². The van der Waals surface area contributed by atoms with Gasteiger partial charge in [-0.15, -0.1) is 0 Å². The third-order valence-electron chi connectivity index (χ3n) is 5.28. The van der Waals surface area contributed by atoms with E-state index in [1.807, 2.05) is 6.07 Å². The summed E-state index contributed by atoms with van der Waals surface area (Å²) in [5, 5.41) is 4.08. The lowest BCUT2D eigenvalue weighted by atomic mass is 10.2. The molecule has 1 N–H and O–H groups in total. The van der Waals surface area contributed by atoms with Gasteiger partial charge in [0.15, 0.2) is 0 Å². The summed E-state index contributed by atoms with van der Waals surface area (Å²) in [6.45, 7) is 4.50. The van der Waals surface area contributed by atoms with Crippen molar-refractivity contribution in [3.8, 4) is 17.2 Å². The van der Waals surface area contributed by atoms with Gasteiger partial charge in [-0.1, -0.05) is 18.2 Å². The van der Waals surface area contributed by atoms with Crippen molar-refractivity contribution >= 4 is 17.8 Å². The van der Waals surface area contributed by atoms with Gasteiger partial charge in [-0.05, 0) is 12.1 Å². The highest BCUT2D eigenvalue weighted by Gasteiger charge is 2.17. The molecule has 166 valence electrons. The number of anilines is 1. The van der Waals surface area contributed by atoms with Crippen LogP contribution in [0.1, 0.15) is 12.0 Å². The van der Waals surface area contributed by atoms with E-state index in [1.165, 1.54) is 11.9 Å². The molecule has 2 aromatic rings. The average molecular weight is 427 g/mol. The number of nitrogens with zero attached hydrogens (tertiary/aromatic N) is 3. The van der Waals surface area contributed by atoms with Crippen molar-refractivity contribution in [2.75, 3.05) is 59.0 Å². The summed E-state index contributed by atoms with van der Waals surface area (Å²) >= 11 is 0. The number of amides is 1. The fourth-order valence-corrected chi connectivity index (χ4v) is 3.51. The number of rotatable bonds is 9. The van der Waals surface area contributed by atoms with Crippen LogP contribution in [-0.2, 0) is 4.79 Å². The Morgan fingerprint density at radius 1 is 1.00 bits per heavy atom. The van der Waals surface area contributed by atoms with Crippen LogP contribution in [0.5, 0.6) is 17.2 Å². The van der Waals surface area contributed by atoms with Crippen molar-refractivity contribution < 1.29 is 19.0 Å². The molecular weight excluding hydrogens is 396 g/mol. The van der Waals surface area contributed by atoms with E-state index in [0.717, 1.165) is 26.2 Å². The highest BCUT2D eigenvalue weighted by molar-refractivity contribution is 5.89. The largest absolute Gasteiger partial charge is 0.496 e. The Bertz CT molecular complexity index is 855. The Morgan fingerprint density at radius 2 is 1.65 bits per heavy atom. The molecule has 8 nitrogen and oxygen atoms in total. The van der Waals surface area contributed by atoms with Crippen LogP contribution in [0.4, 0.5) is 5.69 Å². The molecule has 0 aliphatic carbocycles. The summed E-state index contributed by atoms with van der Waals surface area (Å²) in [6, 6.07) is 13.9. The minimum Gasteiger partial charge on any atom is -0.496 e. The SMILES string of the molecule is COc1cc(OC)c(/C=N/NC(=O)CCN2CCN(c3ccccc3)CC2)c(OC)c1. The quantitative estimate of drug-likeness (QED) is 0.490. The number of carbonyl (C=O) groups is 1. The van der Waals surface area contributed by atoms with E-state index in [1.54, 1.807) is 33.5 Å². The molecule has 0 radical (unpaired) electrons. The Labute approximate surface area is 183 Å². The third-order valence-corrected chi connectivity index (χ3v) is 5.28. The molecule has 0 spiro atoms. The molecule has 1 amide bonds. The smallest absolute Gasteiger partial charge is 0.241 e. The van der Waals surface area contributed by atoms with Gasteiger partial charge in [0.2, 0.25) is 5.91 Å². The molecule has 31 heavy (non-hydrogen) atoms. The van der Waals surface area contributed by atoms with Gasteiger partial charge in [-0.25, -0.2) is 5.43 Å². The van der Waals surface area contributed by atoms with Crippen molar-refractivity contribution in [3.63, 3.8) is 0 Å². The van der Waals surface area contributed by atoms with Crippen molar-refractivity contribution in [2.45, 2.75) is 6.42 Å². The van der Waals surface area contributed by atoms with E-state index in [-0.39, 0.29) is 5.91 Å². The number of para-hydroxylation sites is 1. The molecule has 0 bridgehead atoms. The fraction of sp³-hybridized carbons (Fsp3) is 0.391. The van der Waals surface area contributed by atoms with Gasteiger partial charge in [-0.2, -0.15) is 5.10 Å². The summed E-state index contributed by atoms with van der Waals surface area (Å²) in [5.41, 5.74) is 4.46. The maximum absolute atomic E-state index is 12.2. The van der Waals surface area contributed by atoms with Crippen LogP contribution in [0, 0.1) is 0 Å². The van der Waals surface area contributed by atoms with Gasteiger partial charge < -0.3 is 19.1 Å². The Kier molecular flexibility index (Phi) is 8.12. The van der Waals surface area contributed by atoms with Gasteiger partial charge >= 0.3 is 0 Å². The van der Waals surface area contributed by atoms with Crippen molar-refractivity contribution in [2.24, 2.45) is 5.10 Å². The van der Waals surface area contributed by atoms with Crippen molar-refractivity contribution in [1.29, 1.82) is 0 Å². The second kappa shape index (κ2) is 11.2. The second-order valence-corrected chi connectivity index (χ2v) is 7.15. The summed E-state index contributed by atoms with van der Waals surface area (Å²) in [7, 11) is 4.69. The highest BCUT2D eigenvalue weighted by atomic mass is 16.5. The zero-order chi connectivity index (χ0) is 22.1. The maximum atomic E-state index is 12.2. The third kappa shape index (κ3) is 6.11. The van der Waals surface area contributed by atoms with Crippen LogP contribution in [0.2, 0.25) is 0 Å². The molecule has 0 unspecified atom stereocenters. The van der Waals surface area contributed by atoms with E-state index < -0.39 is 0 Å². The Balaban J connectivity index is 1.46. The summed E-state index contributed by atoms with van der Waals surface area (Å²) < 4.78 is 16.0. The molecule has 0 aromatic heterocycles. The van der Waals surface area contributed by atoms with Crippen LogP contribution >= 0.6 is 0 Å². The van der Waals surface area contributed by atoms with E-state index in [2.05, 4.69) is 44.6 Å². The number of carbonyl (C=O) groups excluding carboxylic acids is 1. The first kappa shape index (κ1) is 22.4. The topological polar surface area (TPSA) is 75.6 Å². The van der Waals surface area contributed by atoms with Crippen LogP contribution in [0.15, 0.2) is 47.6 Å². The number of hydrogen-bond donors (Lipinski definition) is 1. The second-order valence-electron chi connectivity index (χ2n) is 7.15. The molecule has 1 heterocycles. The zero-order valence-corrected chi connectivity index (χ0v) is 18.3. The molecule has 3 rings (SSSR count). The molecule has 1 aliphatic rings. The van der Waals surface area contributed by atoms with Crippen molar-refractivity contribution in [3.05, 3.63) is 48.0 Å². The molecule has 0 saturated carbocycles.